The first kappa shape index (κ1) is 40.7. The smallest absolute Gasteiger partial charge is 0.252 e. The van der Waals surface area contributed by atoms with Crippen molar-refractivity contribution in [3.63, 3.8) is 0 Å². The third-order valence-corrected chi connectivity index (χ3v) is 18.0. The van der Waals surface area contributed by atoms with Gasteiger partial charge in [-0.1, -0.05) is 182 Å². The molecule has 4 aliphatic carbocycles. The number of hydrogen-bond acceptors (Lipinski definition) is 2. The maximum Gasteiger partial charge on any atom is 0.252 e. The monoisotopic (exact) mass is 938 g/mol. The first-order valence-corrected chi connectivity index (χ1v) is 26.3. The molecule has 2 aliphatic heterocycles. The molecule has 0 atom stereocenters. The van der Waals surface area contributed by atoms with Crippen LogP contribution in [-0.4, -0.2) is 6.71 Å². The minimum atomic E-state index is -0.398. The van der Waals surface area contributed by atoms with E-state index in [0.717, 1.165) is 0 Å². The molecule has 11 aromatic rings. The van der Waals surface area contributed by atoms with Gasteiger partial charge in [-0.15, -0.1) is 0 Å². The van der Waals surface area contributed by atoms with E-state index in [1.165, 1.54) is 156 Å². The third-order valence-electron chi connectivity index (χ3n) is 18.0. The molecule has 0 N–H and O–H groups in total. The summed E-state index contributed by atoms with van der Waals surface area (Å²) in [6.45, 7) is 6.81. The number of fused-ring (bicyclic) bond motifs is 24. The van der Waals surface area contributed by atoms with E-state index in [-0.39, 0.29) is 6.71 Å². The van der Waals surface area contributed by atoms with Crippen LogP contribution in [0.3, 0.4) is 0 Å². The highest BCUT2D eigenvalue weighted by Gasteiger charge is 2.54. The molecule has 0 unspecified atom stereocenters. The maximum absolute atomic E-state index is 2.60. The fraction of sp³-hybridized carbons (Fsp3) is 0.0704. The summed E-state index contributed by atoms with van der Waals surface area (Å²) in [5, 5.41) is 0. The van der Waals surface area contributed by atoms with Gasteiger partial charge < -0.3 is 9.80 Å². The SMILES string of the molecule is Cc1ccc2c(c1)N(c1ccc3c(c1)-c1ccccc1C31c3ccccc3-c3ccccc31)c1cc(C)cc3c1B2c1ccc(C)cc1N3c1ccc2c(c1)-c1ccccc1C21c2ccccc2-c2ccccc21. The van der Waals surface area contributed by atoms with Crippen LogP contribution in [0.1, 0.15) is 61.2 Å². The Kier molecular flexibility index (Phi) is 7.79. The van der Waals surface area contributed by atoms with Gasteiger partial charge in [-0.05, 0) is 191 Å². The molecule has 2 spiro atoms. The molecule has 0 fully saturated rings. The highest BCUT2D eigenvalue weighted by molar-refractivity contribution is 7.00. The van der Waals surface area contributed by atoms with Gasteiger partial charge in [0.1, 0.15) is 0 Å². The van der Waals surface area contributed by atoms with Crippen LogP contribution in [0, 0.1) is 20.8 Å². The Balaban J connectivity index is 0.896. The van der Waals surface area contributed by atoms with Gasteiger partial charge >= 0.3 is 0 Å². The first-order valence-electron chi connectivity index (χ1n) is 26.3. The van der Waals surface area contributed by atoms with Crippen molar-refractivity contribution in [2.45, 2.75) is 31.6 Å². The van der Waals surface area contributed by atoms with Crippen molar-refractivity contribution in [2.24, 2.45) is 0 Å². The highest BCUT2D eigenvalue weighted by Crippen LogP contribution is 2.65. The van der Waals surface area contributed by atoms with E-state index in [1.807, 2.05) is 0 Å². The average Bonchev–Trinajstić information content (AvgIpc) is 4.15. The molecule has 0 aromatic heterocycles. The number of rotatable bonds is 2. The molecule has 344 valence electrons. The Labute approximate surface area is 432 Å². The zero-order valence-electron chi connectivity index (χ0n) is 41.4. The molecule has 0 radical (unpaired) electrons. The van der Waals surface area contributed by atoms with Crippen molar-refractivity contribution in [3.05, 3.63) is 292 Å². The van der Waals surface area contributed by atoms with E-state index in [4.69, 9.17) is 0 Å². The van der Waals surface area contributed by atoms with Crippen LogP contribution in [0.2, 0.25) is 0 Å². The largest absolute Gasteiger partial charge is 0.311 e. The van der Waals surface area contributed by atoms with E-state index < -0.39 is 10.8 Å². The fourth-order valence-electron chi connectivity index (χ4n) is 15.4. The first-order chi connectivity index (χ1) is 36.4. The summed E-state index contributed by atoms with van der Waals surface area (Å²) >= 11 is 0. The van der Waals surface area contributed by atoms with Crippen molar-refractivity contribution in [2.75, 3.05) is 9.80 Å². The maximum atomic E-state index is 2.60. The van der Waals surface area contributed by atoms with Crippen LogP contribution >= 0.6 is 0 Å². The van der Waals surface area contributed by atoms with E-state index in [2.05, 4.69) is 261 Å². The lowest BCUT2D eigenvalue weighted by Gasteiger charge is -2.44. The molecule has 0 saturated heterocycles. The van der Waals surface area contributed by atoms with Crippen molar-refractivity contribution < 1.29 is 0 Å². The summed E-state index contributed by atoms with van der Waals surface area (Å²) in [5.74, 6) is 0. The molecule has 6 aliphatic rings. The fourth-order valence-corrected chi connectivity index (χ4v) is 15.4. The summed E-state index contributed by atoms with van der Waals surface area (Å²) < 4.78 is 0. The molecule has 2 nitrogen and oxygen atoms in total. The number of anilines is 6. The molecular weight excluding hydrogens is 892 g/mol. The number of aryl methyl sites for hydroxylation is 3. The molecule has 11 aromatic carbocycles. The predicted molar refractivity (Wildman–Crippen MR) is 307 cm³/mol. The molecule has 74 heavy (non-hydrogen) atoms. The Bertz CT molecular complexity index is 3980. The van der Waals surface area contributed by atoms with Crippen LogP contribution < -0.4 is 26.2 Å². The zero-order chi connectivity index (χ0) is 48.8. The lowest BCUT2D eigenvalue weighted by atomic mass is 9.33. The van der Waals surface area contributed by atoms with Crippen LogP contribution in [0.15, 0.2) is 231 Å². The van der Waals surface area contributed by atoms with Gasteiger partial charge in [0.25, 0.3) is 6.71 Å². The van der Waals surface area contributed by atoms with Gasteiger partial charge in [0.2, 0.25) is 0 Å². The van der Waals surface area contributed by atoms with Crippen molar-refractivity contribution in [3.8, 4) is 44.5 Å². The van der Waals surface area contributed by atoms with Gasteiger partial charge in [-0.25, -0.2) is 0 Å². The van der Waals surface area contributed by atoms with Crippen molar-refractivity contribution in [1.29, 1.82) is 0 Å². The van der Waals surface area contributed by atoms with Gasteiger partial charge in [0.15, 0.2) is 0 Å². The molecule has 2 heterocycles. The third kappa shape index (κ3) is 4.80. The lowest BCUT2D eigenvalue weighted by molar-refractivity contribution is 0.794. The Morgan fingerprint density at radius 2 is 0.568 bits per heavy atom. The number of hydrogen-bond donors (Lipinski definition) is 0. The molecular formula is C71H47BN2. The summed E-state index contributed by atoms with van der Waals surface area (Å²) in [7, 11) is 0. The van der Waals surface area contributed by atoms with Gasteiger partial charge in [0, 0.05) is 34.1 Å². The van der Waals surface area contributed by atoms with Crippen molar-refractivity contribution >= 4 is 57.2 Å². The van der Waals surface area contributed by atoms with Crippen LogP contribution in [0.25, 0.3) is 44.5 Å². The van der Waals surface area contributed by atoms with Crippen molar-refractivity contribution in [1.82, 2.24) is 0 Å². The van der Waals surface area contributed by atoms with Crippen LogP contribution in [0.4, 0.5) is 34.1 Å². The topological polar surface area (TPSA) is 6.48 Å². The van der Waals surface area contributed by atoms with Gasteiger partial charge in [0.05, 0.1) is 10.8 Å². The predicted octanol–water partition coefficient (Wildman–Crippen LogP) is 15.4. The minimum Gasteiger partial charge on any atom is -0.311 e. The van der Waals surface area contributed by atoms with E-state index in [0.29, 0.717) is 0 Å². The van der Waals surface area contributed by atoms with Crippen LogP contribution in [0.5, 0.6) is 0 Å². The number of benzene rings is 11. The normalized spacial score (nSPS) is 15.1. The van der Waals surface area contributed by atoms with Crippen LogP contribution in [-0.2, 0) is 10.8 Å². The molecule has 0 bridgehead atoms. The summed E-state index contributed by atoms with van der Waals surface area (Å²) in [6.07, 6.45) is 0. The molecule has 0 saturated carbocycles. The van der Waals surface area contributed by atoms with Gasteiger partial charge in [-0.3, -0.25) is 0 Å². The second kappa shape index (κ2) is 14.2. The summed E-state index contributed by atoms with van der Waals surface area (Å²) in [5.41, 5.74) is 35.7. The molecule has 3 heteroatoms. The summed E-state index contributed by atoms with van der Waals surface area (Å²) in [6, 6.07) is 88.8. The zero-order valence-corrected chi connectivity index (χ0v) is 41.4. The minimum absolute atomic E-state index is 0.0362. The standard InChI is InChI=1S/C71H47BN2/c1-42-28-34-63-65(36-42)73(45-30-32-61-53(40-45)51-20-8-14-26-59(51)70(61)55-22-10-4-16-47(55)48-17-5-11-23-56(48)70)67-38-44(3)39-68-69(67)72(63)64-35-29-43(2)37-66(64)74(68)46-31-33-62-54(41-46)52-21-9-15-27-60(52)71(62)57-24-12-6-18-49(57)50-19-7-13-25-58(50)71/h4-41H,1-3H3. The highest BCUT2D eigenvalue weighted by atomic mass is 15.2. The average molecular weight is 939 g/mol. The second-order valence-corrected chi connectivity index (χ2v) is 21.7. The van der Waals surface area contributed by atoms with E-state index >= 15 is 0 Å². The Morgan fingerprint density at radius 3 is 0.919 bits per heavy atom. The molecule has 0 amide bonds. The second-order valence-electron chi connectivity index (χ2n) is 21.7. The van der Waals surface area contributed by atoms with E-state index in [9.17, 15) is 0 Å². The van der Waals surface area contributed by atoms with E-state index in [1.54, 1.807) is 0 Å². The Hall–Kier alpha value is -8.92. The van der Waals surface area contributed by atoms with Gasteiger partial charge in [-0.2, -0.15) is 0 Å². The lowest BCUT2D eigenvalue weighted by Crippen LogP contribution is -2.61. The molecule has 17 rings (SSSR count). The Morgan fingerprint density at radius 1 is 0.270 bits per heavy atom. The summed E-state index contributed by atoms with van der Waals surface area (Å²) in [4.78, 5) is 5.20. The quantitative estimate of drug-likeness (QED) is 0.159. The number of nitrogens with zero attached hydrogens (tertiary/aromatic N) is 2.